The minimum Gasteiger partial charge on any atom is -0.494 e. The Hall–Kier alpha value is -3.02. The lowest BCUT2D eigenvalue weighted by molar-refractivity contribution is 0.0951. The molecule has 0 fully saturated rings. The van der Waals surface area contributed by atoms with Gasteiger partial charge in [-0.3, -0.25) is 10.1 Å². The van der Waals surface area contributed by atoms with Gasteiger partial charge in [0.25, 0.3) is 5.91 Å². The average Bonchev–Trinajstić information content (AvgIpc) is 2.71. The van der Waals surface area contributed by atoms with Crippen molar-refractivity contribution in [1.82, 2.24) is 5.32 Å². The van der Waals surface area contributed by atoms with Crippen molar-refractivity contribution >= 4 is 17.7 Å². The molecule has 2 amide bonds. The van der Waals surface area contributed by atoms with E-state index in [2.05, 4.69) is 22.3 Å². The van der Waals surface area contributed by atoms with Gasteiger partial charge in [0.2, 0.25) is 0 Å². The van der Waals surface area contributed by atoms with E-state index in [1.165, 1.54) is 7.11 Å². The molecular formula is C21H26N2O4. The van der Waals surface area contributed by atoms with Gasteiger partial charge in [0.15, 0.2) is 0 Å². The second-order valence-electron chi connectivity index (χ2n) is 6.08. The van der Waals surface area contributed by atoms with Crippen molar-refractivity contribution in [2.45, 2.75) is 32.7 Å². The minimum absolute atomic E-state index is 0.149. The second kappa shape index (κ2) is 10.9. The van der Waals surface area contributed by atoms with Crippen LogP contribution in [0, 0.1) is 0 Å². The largest absolute Gasteiger partial charge is 0.494 e. The number of nitrogens with one attached hydrogen (secondary N) is 2. The Labute approximate surface area is 159 Å². The van der Waals surface area contributed by atoms with Crippen LogP contribution < -0.4 is 15.4 Å². The molecule has 0 spiro atoms. The third kappa shape index (κ3) is 7.01. The molecule has 6 heteroatoms. The SMILES string of the molecule is CCCCCOc1ccc(C(=O)NCc2ccc(NC(=O)OC)cc2)cc1. The molecule has 0 aromatic heterocycles. The highest BCUT2D eigenvalue weighted by Crippen LogP contribution is 2.14. The normalized spacial score (nSPS) is 10.1. The maximum atomic E-state index is 12.3. The summed E-state index contributed by atoms with van der Waals surface area (Å²) < 4.78 is 10.2. The first-order valence-corrected chi connectivity index (χ1v) is 9.07. The van der Waals surface area contributed by atoms with E-state index < -0.39 is 6.09 Å². The van der Waals surface area contributed by atoms with Crippen LogP contribution in [0.4, 0.5) is 10.5 Å². The van der Waals surface area contributed by atoms with Crippen LogP contribution in [0.2, 0.25) is 0 Å². The molecule has 6 nitrogen and oxygen atoms in total. The summed E-state index contributed by atoms with van der Waals surface area (Å²) >= 11 is 0. The maximum absolute atomic E-state index is 12.3. The molecule has 2 rings (SSSR count). The highest BCUT2D eigenvalue weighted by atomic mass is 16.5. The predicted octanol–water partition coefficient (Wildman–Crippen LogP) is 4.36. The summed E-state index contributed by atoms with van der Waals surface area (Å²) in [5.74, 6) is 0.626. The molecule has 0 atom stereocenters. The van der Waals surface area contributed by atoms with Gasteiger partial charge in [-0.05, 0) is 48.4 Å². The lowest BCUT2D eigenvalue weighted by atomic mass is 10.1. The van der Waals surface area contributed by atoms with Crippen LogP contribution >= 0.6 is 0 Å². The summed E-state index contributed by atoms with van der Waals surface area (Å²) in [4.78, 5) is 23.4. The summed E-state index contributed by atoms with van der Waals surface area (Å²) in [7, 11) is 1.31. The third-order valence-corrected chi connectivity index (χ3v) is 3.97. The summed E-state index contributed by atoms with van der Waals surface area (Å²) in [5, 5.41) is 5.45. The smallest absolute Gasteiger partial charge is 0.411 e. The summed E-state index contributed by atoms with van der Waals surface area (Å²) in [5.41, 5.74) is 2.14. The molecule has 0 saturated carbocycles. The number of carbonyl (C=O) groups is 2. The molecule has 2 aromatic carbocycles. The molecule has 0 radical (unpaired) electrons. The number of unbranched alkanes of at least 4 members (excludes halogenated alkanes) is 2. The van der Waals surface area contributed by atoms with Gasteiger partial charge < -0.3 is 14.8 Å². The van der Waals surface area contributed by atoms with Crippen LogP contribution in [0.15, 0.2) is 48.5 Å². The van der Waals surface area contributed by atoms with Gasteiger partial charge in [0, 0.05) is 17.8 Å². The highest BCUT2D eigenvalue weighted by Gasteiger charge is 2.06. The monoisotopic (exact) mass is 370 g/mol. The second-order valence-corrected chi connectivity index (χ2v) is 6.08. The average molecular weight is 370 g/mol. The molecule has 0 unspecified atom stereocenters. The van der Waals surface area contributed by atoms with Gasteiger partial charge in [0.1, 0.15) is 5.75 Å². The van der Waals surface area contributed by atoms with Crippen LogP contribution in [-0.2, 0) is 11.3 Å². The summed E-state index contributed by atoms with van der Waals surface area (Å²) in [6, 6.07) is 14.3. The van der Waals surface area contributed by atoms with E-state index in [1.54, 1.807) is 24.3 Å². The first kappa shape index (κ1) is 20.3. The molecule has 144 valence electrons. The third-order valence-electron chi connectivity index (χ3n) is 3.97. The molecule has 0 aliphatic carbocycles. The zero-order valence-electron chi connectivity index (χ0n) is 15.8. The van der Waals surface area contributed by atoms with Crippen LogP contribution in [0.5, 0.6) is 5.75 Å². The molecular weight excluding hydrogens is 344 g/mol. The molecule has 2 N–H and O–H groups in total. The van der Waals surface area contributed by atoms with Gasteiger partial charge in [-0.2, -0.15) is 0 Å². The molecule has 27 heavy (non-hydrogen) atoms. The van der Waals surface area contributed by atoms with Gasteiger partial charge in [-0.25, -0.2) is 4.79 Å². The Morgan fingerprint density at radius 3 is 2.30 bits per heavy atom. The van der Waals surface area contributed by atoms with Gasteiger partial charge >= 0.3 is 6.09 Å². The van der Waals surface area contributed by atoms with E-state index in [0.29, 0.717) is 24.4 Å². The van der Waals surface area contributed by atoms with E-state index in [1.807, 2.05) is 24.3 Å². The van der Waals surface area contributed by atoms with Crippen molar-refractivity contribution in [2.24, 2.45) is 0 Å². The number of hydrogen-bond acceptors (Lipinski definition) is 4. The fourth-order valence-electron chi connectivity index (χ4n) is 2.40. The maximum Gasteiger partial charge on any atom is 0.411 e. The molecule has 0 bridgehead atoms. The van der Waals surface area contributed by atoms with Crippen LogP contribution in [0.3, 0.4) is 0 Å². The van der Waals surface area contributed by atoms with Crippen molar-refractivity contribution in [3.8, 4) is 5.75 Å². The molecule has 2 aromatic rings. The zero-order valence-corrected chi connectivity index (χ0v) is 15.8. The first-order chi connectivity index (χ1) is 13.1. The summed E-state index contributed by atoms with van der Waals surface area (Å²) in [6.07, 6.45) is 2.83. The van der Waals surface area contributed by atoms with Crippen molar-refractivity contribution in [1.29, 1.82) is 0 Å². The number of amides is 2. The van der Waals surface area contributed by atoms with Crippen molar-refractivity contribution in [2.75, 3.05) is 19.0 Å². The first-order valence-electron chi connectivity index (χ1n) is 9.07. The van der Waals surface area contributed by atoms with Crippen molar-refractivity contribution in [3.63, 3.8) is 0 Å². The van der Waals surface area contributed by atoms with Crippen LogP contribution in [-0.4, -0.2) is 25.7 Å². The molecule has 0 aliphatic rings. The molecule has 0 heterocycles. The van der Waals surface area contributed by atoms with Gasteiger partial charge in [0.05, 0.1) is 13.7 Å². The Morgan fingerprint density at radius 1 is 0.963 bits per heavy atom. The quantitative estimate of drug-likeness (QED) is 0.643. The number of anilines is 1. The van der Waals surface area contributed by atoms with E-state index in [9.17, 15) is 9.59 Å². The number of hydrogen-bond donors (Lipinski definition) is 2. The van der Waals surface area contributed by atoms with Crippen molar-refractivity contribution in [3.05, 3.63) is 59.7 Å². The number of methoxy groups -OCH3 is 1. The van der Waals surface area contributed by atoms with Gasteiger partial charge in [-0.15, -0.1) is 0 Å². The minimum atomic E-state index is -0.520. The van der Waals surface area contributed by atoms with Crippen LogP contribution in [0.25, 0.3) is 0 Å². The predicted molar refractivity (Wildman–Crippen MR) is 105 cm³/mol. The summed E-state index contributed by atoms with van der Waals surface area (Å²) in [6.45, 7) is 3.24. The lowest BCUT2D eigenvalue weighted by Crippen LogP contribution is -2.22. The molecule has 0 saturated heterocycles. The van der Waals surface area contributed by atoms with Gasteiger partial charge in [-0.1, -0.05) is 31.9 Å². The number of rotatable bonds is 9. The number of benzene rings is 2. The highest BCUT2D eigenvalue weighted by molar-refractivity contribution is 5.94. The Bertz CT molecular complexity index is 727. The molecule has 0 aliphatic heterocycles. The fraction of sp³-hybridized carbons (Fsp3) is 0.333. The van der Waals surface area contributed by atoms with Crippen molar-refractivity contribution < 1.29 is 19.1 Å². The van der Waals surface area contributed by atoms with E-state index in [-0.39, 0.29) is 5.91 Å². The van der Waals surface area contributed by atoms with E-state index in [4.69, 9.17) is 4.74 Å². The standard InChI is InChI=1S/C21H26N2O4/c1-3-4-5-14-27-19-12-8-17(9-13-19)20(24)22-15-16-6-10-18(11-7-16)23-21(25)26-2/h6-13H,3-5,14-15H2,1-2H3,(H,22,24)(H,23,25). The zero-order chi connectivity index (χ0) is 19.5. The number of carbonyl (C=O) groups excluding carboxylic acids is 2. The Balaban J connectivity index is 1.80. The van der Waals surface area contributed by atoms with Crippen LogP contribution in [0.1, 0.15) is 42.1 Å². The topological polar surface area (TPSA) is 76.7 Å². The lowest BCUT2D eigenvalue weighted by Gasteiger charge is -2.09. The van der Waals surface area contributed by atoms with E-state index >= 15 is 0 Å². The Kier molecular flexibility index (Phi) is 8.16. The number of ether oxygens (including phenoxy) is 2. The Morgan fingerprint density at radius 2 is 1.67 bits per heavy atom. The fourth-order valence-corrected chi connectivity index (χ4v) is 2.40. The van der Waals surface area contributed by atoms with E-state index in [0.717, 1.165) is 30.6 Å².